The molecule has 7 heteroatoms. The van der Waals surface area contributed by atoms with Crippen molar-refractivity contribution < 1.29 is 23.1 Å². The predicted octanol–water partition coefficient (Wildman–Crippen LogP) is 1.91. The summed E-state index contributed by atoms with van der Waals surface area (Å²) in [6, 6.07) is 2.57. The molecule has 0 aliphatic heterocycles. The lowest BCUT2D eigenvalue weighted by Gasteiger charge is -2.06. The van der Waals surface area contributed by atoms with E-state index in [4.69, 9.17) is 9.84 Å². The monoisotopic (exact) mass is 256 g/mol. The Labute approximate surface area is 101 Å². The summed E-state index contributed by atoms with van der Waals surface area (Å²) in [5.41, 5.74) is -0.153. The summed E-state index contributed by atoms with van der Waals surface area (Å²) in [7, 11) is 0. The van der Waals surface area contributed by atoms with Crippen LogP contribution < -0.4 is 4.74 Å². The molecular formula is C11H10F2N2O3. The molecular weight excluding hydrogens is 246 g/mol. The van der Waals surface area contributed by atoms with Crippen LogP contribution in [0.4, 0.5) is 8.78 Å². The van der Waals surface area contributed by atoms with Gasteiger partial charge in [-0.3, -0.25) is 0 Å². The molecule has 5 nitrogen and oxygen atoms in total. The second-order valence-corrected chi connectivity index (χ2v) is 3.34. The van der Waals surface area contributed by atoms with Crippen molar-refractivity contribution in [2.24, 2.45) is 0 Å². The highest BCUT2D eigenvalue weighted by Gasteiger charge is 2.19. The number of aliphatic hydroxyl groups excluding tert-OH is 1. The molecule has 1 aromatic carbocycles. The normalized spacial score (nSPS) is 10.7. The number of benzene rings is 1. The standard InChI is InChI=1S/C11H10F2N2O3/c1-2-17-7-4-3-6(9(12)10(7)13)11-14-8(5-16)18-15-11/h3-4,16H,2,5H2,1H3. The Balaban J connectivity index is 2.43. The zero-order valence-corrected chi connectivity index (χ0v) is 9.48. The van der Waals surface area contributed by atoms with E-state index in [0.29, 0.717) is 0 Å². The van der Waals surface area contributed by atoms with Crippen molar-refractivity contribution in [1.82, 2.24) is 10.1 Å². The Hall–Kier alpha value is -2.02. The minimum Gasteiger partial charge on any atom is -0.491 e. The summed E-state index contributed by atoms with van der Waals surface area (Å²) < 4.78 is 36.9. The molecule has 1 aromatic heterocycles. The summed E-state index contributed by atoms with van der Waals surface area (Å²) >= 11 is 0. The number of ether oxygens (including phenoxy) is 1. The van der Waals surface area contributed by atoms with Crippen molar-refractivity contribution in [3.8, 4) is 17.1 Å². The van der Waals surface area contributed by atoms with Crippen LogP contribution in [-0.2, 0) is 6.61 Å². The van der Waals surface area contributed by atoms with Gasteiger partial charge in [-0.1, -0.05) is 5.16 Å². The van der Waals surface area contributed by atoms with Crippen LogP contribution in [0.15, 0.2) is 16.7 Å². The third-order valence-electron chi connectivity index (χ3n) is 2.19. The molecule has 0 atom stereocenters. The first-order valence-corrected chi connectivity index (χ1v) is 5.22. The molecule has 0 aliphatic carbocycles. The lowest BCUT2D eigenvalue weighted by atomic mass is 10.2. The van der Waals surface area contributed by atoms with Crippen molar-refractivity contribution in [2.45, 2.75) is 13.5 Å². The Morgan fingerprint density at radius 3 is 2.72 bits per heavy atom. The van der Waals surface area contributed by atoms with Crippen LogP contribution in [0.3, 0.4) is 0 Å². The molecule has 96 valence electrons. The molecule has 0 fully saturated rings. The summed E-state index contributed by atoms with van der Waals surface area (Å²) in [4.78, 5) is 3.70. The number of halogens is 2. The Kier molecular flexibility index (Phi) is 3.52. The van der Waals surface area contributed by atoms with E-state index in [9.17, 15) is 8.78 Å². The van der Waals surface area contributed by atoms with Crippen LogP contribution in [-0.4, -0.2) is 21.9 Å². The van der Waals surface area contributed by atoms with Crippen LogP contribution in [0.5, 0.6) is 5.75 Å². The van der Waals surface area contributed by atoms with Gasteiger partial charge in [0.05, 0.1) is 12.2 Å². The van der Waals surface area contributed by atoms with E-state index in [1.807, 2.05) is 0 Å². The van der Waals surface area contributed by atoms with Crippen molar-refractivity contribution in [3.63, 3.8) is 0 Å². The Morgan fingerprint density at radius 2 is 2.11 bits per heavy atom. The highest BCUT2D eigenvalue weighted by Crippen LogP contribution is 2.28. The third kappa shape index (κ3) is 2.17. The molecule has 1 N–H and O–H groups in total. The van der Waals surface area contributed by atoms with Gasteiger partial charge in [0.15, 0.2) is 11.6 Å². The number of hydrogen-bond acceptors (Lipinski definition) is 5. The quantitative estimate of drug-likeness (QED) is 0.904. The first-order chi connectivity index (χ1) is 8.67. The average molecular weight is 256 g/mol. The summed E-state index contributed by atoms with van der Waals surface area (Å²) in [6.45, 7) is 1.43. The van der Waals surface area contributed by atoms with Crippen LogP contribution in [0.1, 0.15) is 12.8 Å². The first-order valence-electron chi connectivity index (χ1n) is 5.22. The van der Waals surface area contributed by atoms with E-state index >= 15 is 0 Å². The number of hydrogen-bond donors (Lipinski definition) is 1. The lowest BCUT2D eigenvalue weighted by Crippen LogP contribution is -1.99. The highest BCUT2D eigenvalue weighted by molar-refractivity contribution is 5.57. The van der Waals surface area contributed by atoms with Crippen molar-refractivity contribution in [2.75, 3.05) is 6.61 Å². The zero-order chi connectivity index (χ0) is 13.1. The van der Waals surface area contributed by atoms with Crippen molar-refractivity contribution in [3.05, 3.63) is 29.7 Å². The maximum atomic E-state index is 13.7. The van der Waals surface area contributed by atoms with E-state index in [1.54, 1.807) is 6.92 Å². The Morgan fingerprint density at radius 1 is 1.33 bits per heavy atom. The highest BCUT2D eigenvalue weighted by atomic mass is 19.2. The molecule has 0 unspecified atom stereocenters. The molecule has 2 aromatic rings. The number of aliphatic hydroxyl groups is 1. The van der Waals surface area contributed by atoms with E-state index in [-0.39, 0.29) is 29.6 Å². The maximum Gasteiger partial charge on any atom is 0.252 e. The van der Waals surface area contributed by atoms with E-state index < -0.39 is 18.2 Å². The van der Waals surface area contributed by atoms with E-state index in [0.717, 1.165) is 0 Å². The molecule has 0 saturated carbocycles. The van der Waals surface area contributed by atoms with Gasteiger partial charge in [0.25, 0.3) is 5.89 Å². The van der Waals surface area contributed by atoms with Gasteiger partial charge in [-0.05, 0) is 19.1 Å². The van der Waals surface area contributed by atoms with Crippen molar-refractivity contribution >= 4 is 0 Å². The zero-order valence-electron chi connectivity index (χ0n) is 9.48. The number of nitrogens with zero attached hydrogens (tertiary/aromatic N) is 2. The van der Waals surface area contributed by atoms with Gasteiger partial charge in [0, 0.05) is 0 Å². The van der Waals surface area contributed by atoms with Gasteiger partial charge in [-0.2, -0.15) is 9.37 Å². The van der Waals surface area contributed by atoms with Crippen LogP contribution in [0, 0.1) is 11.6 Å². The predicted molar refractivity (Wildman–Crippen MR) is 56.7 cm³/mol. The molecule has 0 radical (unpaired) electrons. The average Bonchev–Trinajstić information content (AvgIpc) is 2.84. The van der Waals surface area contributed by atoms with E-state index in [1.165, 1.54) is 12.1 Å². The summed E-state index contributed by atoms with van der Waals surface area (Å²) in [5.74, 6) is -2.60. The fourth-order valence-corrected chi connectivity index (χ4v) is 1.40. The van der Waals surface area contributed by atoms with E-state index in [2.05, 4.69) is 14.7 Å². The SMILES string of the molecule is CCOc1ccc(-c2noc(CO)n2)c(F)c1F. The van der Waals surface area contributed by atoms with Gasteiger partial charge in [-0.25, -0.2) is 4.39 Å². The summed E-state index contributed by atoms with van der Waals surface area (Å²) in [6.07, 6.45) is 0. The second kappa shape index (κ2) is 5.09. The second-order valence-electron chi connectivity index (χ2n) is 3.34. The molecule has 0 bridgehead atoms. The van der Waals surface area contributed by atoms with Crippen LogP contribution in [0.25, 0.3) is 11.4 Å². The number of aromatic nitrogens is 2. The molecule has 0 saturated heterocycles. The first kappa shape index (κ1) is 12.4. The maximum absolute atomic E-state index is 13.7. The minimum absolute atomic E-state index is 0.0707. The van der Waals surface area contributed by atoms with Crippen molar-refractivity contribution in [1.29, 1.82) is 0 Å². The third-order valence-corrected chi connectivity index (χ3v) is 2.19. The molecule has 18 heavy (non-hydrogen) atoms. The van der Waals surface area contributed by atoms with Gasteiger partial charge in [-0.15, -0.1) is 0 Å². The summed E-state index contributed by atoms with van der Waals surface area (Å²) in [5, 5.41) is 12.2. The van der Waals surface area contributed by atoms with Gasteiger partial charge < -0.3 is 14.4 Å². The fraction of sp³-hybridized carbons (Fsp3) is 0.273. The topological polar surface area (TPSA) is 68.4 Å². The van der Waals surface area contributed by atoms with Gasteiger partial charge >= 0.3 is 0 Å². The smallest absolute Gasteiger partial charge is 0.252 e. The minimum atomic E-state index is -1.12. The number of rotatable bonds is 4. The Bertz CT molecular complexity index is 557. The molecule has 1 heterocycles. The lowest BCUT2D eigenvalue weighted by molar-refractivity contribution is 0.222. The van der Waals surface area contributed by atoms with Crippen LogP contribution >= 0.6 is 0 Å². The molecule has 0 spiro atoms. The van der Waals surface area contributed by atoms with Gasteiger partial charge in [0.2, 0.25) is 11.6 Å². The molecule has 2 rings (SSSR count). The van der Waals surface area contributed by atoms with Crippen LogP contribution in [0.2, 0.25) is 0 Å². The largest absolute Gasteiger partial charge is 0.491 e. The molecule has 0 aliphatic rings. The molecule has 0 amide bonds. The van der Waals surface area contributed by atoms with Gasteiger partial charge in [0.1, 0.15) is 6.61 Å². The fourth-order valence-electron chi connectivity index (χ4n) is 1.40.